The van der Waals surface area contributed by atoms with E-state index in [1.54, 1.807) is 0 Å². The van der Waals surface area contributed by atoms with Crippen LogP contribution in [0.3, 0.4) is 0 Å². The first-order chi connectivity index (χ1) is 9.71. The third kappa shape index (κ3) is 1.77. The Kier molecular flexibility index (Phi) is 3.08. The second-order valence-electron chi connectivity index (χ2n) is 7.34. The summed E-state index contributed by atoms with van der Waals surface area (Å²) in [6.45, 7) is 1.84. The van der Waals surface area contributed by atoms with E-state index in [9.17, 15) is 4.79 Å². The summed E-state index contributed by atoms with van der Waals surface area (Å²) in [6.07, 6.45) is 8.89. The first-order valence-electron chi connectivity index (χ1n) is 8.32. The SMILES string of the molecule is CN1C[C@H](N[C@@H]2[C@H]3CCO[C@@H]3C23CCCC3)CCC1=O. The first kappa shape index (κ1) is 13.1. The van der Waals surface area contributed by atoms with Crippen LogP contribution in [-0.2, 0) is 9.53 Å². The predicted octanol–water partition coefficient (Wildman–Crippen LogP) is 1.54. The fraction of sp³-hybridized carbons (Fsp3) is 0.938. The molecule has 4 rings (SSSR count). The number of rotatable bonds is 2. The lowest BCUT2D eigenvalue weighted by atomic mass is 9.54. The fourth-order valence-electron chi connectivity index (χ4n) is 5.35. The Balaban J connectivity index is 1.46. The highest BCUT2D eigenvalue weighted by Gasteiger charge is 2.64. The number of hydrogen-bond acceptors (Lipinski definition) is 3. The second kappa shape index (κ2) is 4.70. The van der Waals surface area contributed by atoms with Crippen LogP contribution in [0, 0.1) is 11.3 Å². The Hall–Kier alpha value is -0.610. The Morgan fingerprint density at radius 1 is 1.30 bits per heavy atom. The molecule has 20 heavy (non-hydrogen) atoms. The van der Waals surface area contributed by atoms with Crippen LogP contribution in [0.2, 0.25) is 0 Å². The molecule has 0 aromatic carbocycles. The van der Waals surface area contributed by atoms with Gasteiger partial charge < -0.3 is 15.0 Å². The van der Waals surface area contributed by atoms with Gasteiger partial charge in [0.15, 0.2) is 0 Å². The third-order valence-electron chi connectivity index (χ3n) is 6.33. The Bertz CT molecular complexity index is 405. The van der Waals surface area contributed by atoms with Gasteiger partial charge in [-0.2, -0.15) is 0 Å². The average Bonchev–Trinajstić information content (AvgIpc) is 3.07. The zero-order valence-electron chi connectivity index (χ0n) is 12.4. The van der Waals surface area contributed by atoms with Crippen LogP contribution in [0.25, 0.3) is 0 Å². The van der Waals surface area contributed by atoms with E-state index in [1.165, 1.54) is 32.1 Å². The van der Waals surface area contributed by atoms with E-state index in [-0.39, 0.29) is 0 Å². The number of piperidine rings is 1. The summed E-state index contributed by atoms with van der Waals surface area (Å²) >= 11 is 0. The third-order valence-corrected chi connectivity index (χ3v) is 6.33. The van der Waals surface area contributed by atoms with Crippen LogP contribution in [0.4, 0.5) is 0 Å². The molecule has 4 fully saturated rings. The Morgan fingerprint density at radius 2 is 2.10 bits per heavy atom. The number of likely N-dealkylation sites (tertiary alicyclic amines) is 1. The smallest absolute Gasteiger partial charge is 0.222 e. The van der Waals surface area contributed by atoms with Crippen molar-refractivity contribution in [3.05, 3.63) is 0 Å². The van der Waals surface area contributed by atoms with Gasteiger partial charge in [0, 0.05) is 50.0 Å². The van der Waals surface area contributed by atoms with Crippen LogP contribution in [0.1, 0.15) is 44.9 Å². The second-order valence-corrected chi connectivity index (χ2v) is 7.34. The zero-order valence-corrected chi connectivity index (χ0v) is 12.4. The van der Waals surface area contributed by atoms with Gasteiger partial charge in [-0.15, -0.1) is 0 Å². The molecule has 4 aliphatic rings. The molecular weight excluding hydrogens is 252 g/mol. The van der Waals surface area contributed by atoms with Crippen LogP contribution < -0.4 is 5.32 Å². The Labute approximate surface area is 121 Å². The molecule has 0 aromatic rings. The lowest BCUT2D eigenvalue weighted by molar-refractivity contribution is -0.140. The van der Waals surface area contributed by atoms with E-state index in [4.69, 9.17) is 4.74 Å². The van der Waals surface area contributed by atoms with Crippen molar-refractivity contribution in [3.8, 4) is 0 Å². The highest BCUT2D eigenvalue weighted by atomic mass is 16.5. The number of ether oxygens (including phenoxy) is 1. The minimum absolute atomic E-state index is 0.300. The van der Waals surface area contributed by atoms with Gasteiger partial charge >= 0.3 is 0 Å². The van der Waals surface area contributed by atoms with E-state index < -0.39 is 0 Å². The van der Waals surface area contributed by atoms with Gasteiger partial charge in [0.1, 0.15) is 0 Å². The molecule has 1 amide bonds. The molecule has 2 saturated heterocycles. The molecule has 2 aliphatic heterocycles. The molecular formula is C16H26N2O2. The van der Waals surface area contributed by atoms with Gasteiger partial charge in [-0.3, -0.25) is 4.79 Å². The van der Waals surface area contributed by atoms with Gasteiger partial charge in [-0.25, -0.2) is 0 Å². The minimum Gasteiger partial charge on any atom is -0.377 e. The van der Waals surface area contributed by atoms with E-state index in [1.807, 2.05) is 11.9 Å². The topological polar surface area (TPSA) is 41.6 Å². The highest BCUT2D eigenvalue weighted by molar-refractivity contribution is 5.76. The summed E-state index contributed by atoms with van der Waals surface area (Å²) in [7, 11) is 1.93. The van der Waals surface area contributed by atoms with Crippen LogP contribution >= 0.6 is 0 Å². The summed E-state index contributed by atoms with van der Waals surface area (Å²) in [5.41, 5.74) is 0.432. The van der Waals surface area contributed by atoms with Gasteiger partial charge in [0.25, 0.3) is 0 Å². The summed E-state index contributed by atoms with van der Waals surface area (Å²) < 4.78 is 6.04. The quantitative estimate of drug-likeness (QED) is 0.833. The van der Waals surface area contributed by atoms with Gasteiger partial charge in [-0.05, 0) is 25.7 Å². The monoisotopic (exact) mass is 278 g/mol. The maximum absolute atomic E-state index is 11.6. The van der Waals surface area contributed by atoms with E-state index in [2.05, 4.69) is 5.32 Å². The normalized spacial score (nSPS) is 42.9. The largest absolute Gasteiger partial charge is 0.377 e. The molecule has 0 radical (unpaired) electrons. The molecule has 2 saturated carbocycles. The average molecular weight is 278 g/mol. The maximum Gasteiger partial charge on any atom is 0.222 e. The van der Waals surface area contributed by atoms with Gasteiger partial charge in [0.2, 0.25) is 5.91 Å². The summed E-state index contributed by atoms with van der Waals surface area (Å²) in [6, 6.07) is 1.13. The maximum atomic E-state index is 11.6. The predicted molar refractivity (Wildman–Crippen MR) is 76.3 cm³/mol. The number of fused-ring (bicyclic) bond motifs is 2. The summed E-state index contributed by atoms with van der Waals surface area (Å²) in [4.78, 5) is 13.5. The highest BCUT2D eigenvalue weighted by Crippen LogP contribution is 2.60. The Morgan fingerprint density at radius 3 is 2.85 bits per heavy atom. The number of carbonyl (C=O) groups excluding carboxylic acids is 1. The van der Waals surface area contributed by atoms with Crippen molar-refractivity contribution in [1.82, 2.24) is 10.2 Å². The van der Waals surface area contributed by atoms with Crippen LogP contribution in [0.5, 0.6) is 0 Å². The number of hydrogen-bond donors (Lipinski definition) is 1. The lowest BCUT2D eigenvalue weighted by Crippen LogP contribution is -2.69. The molecule has 1 spiro atoms. The van der Waals surface area contributed by atoms with Crippen molar-refractivity contribution >= 4 is 5.91 Å². The molecule has 2 aliphatic carbocycles. The van der Waals surface area contributed by atoms with Crippen molar-refractivity contribution in [2.45, 2.75) is 63.1 Å². The number of carbonyl (C=O) groups is 1. The van der Waals surface area contributed by atoms with Crippen molar-refractivity contribution in [1.29, 1.82) is 0 Å². The van der Waals surface area contributed by atoms with Gasteiger partial charge in [0.05, 0.1) is 6.10 Å². The van der Waals surface area contributed by atoms with Crippen molar-refractivity contribution < 1.29 is 9.53 Å². The summed E-state index contributed by atoms with van der Waals surface area (Å²) in [5.74, 6) is 1.03. The van der Waals surface area contributed by atoms with E-state index in [0.29, 0.717) is 35.9 Å². The molecule has 1 N–H and O–H groups in total. The fourth-order valence-corrected chi connectivity index (χ4v) is 5.35. The lowest BCUT2D eigenvalue weighted by Gasteiger charge is -2.58. The minimum atomic E-state index is 0.300. The van der Waals surface area contributed by atoms with Crippen molar-refractivity contribution in [2.24, 2.45) is 11.3 Å². The van der Waals surface area contributed by atoms with Crippen LogP contribution in [-0.4, -0.2) is 49.2 Å². The summed E-state index contributed by atoms with van der Waals surface area (Å²) in [5, 5.41) is 3.94. The molecule has 4 heteroatoms. The molecule has 112 valence electrons. The first-order valence-corrected chi connectivity index (χ1v) is 8.32. The van der Waals surface area contributed by atoms with Crippen LogP contribution in [0.15, 0.2) is 0 Å². The molecule has 0 aromatic heterocycles. The van der Waals surface area contributed by atoms with Crippen molar-refractivity contribution in [3.63, 3.8) is 0 Å². The number of nitrogens with zero attached hydrogens (tertiary/aromatic N) is 1. The van der Waals surface area contributed by atoms with Crippen molar-refractivity contribution in [2.75, 3.05) is 20.2 Å². The van der Waals surface area contributed by atoms with E-state index >= 15 is 0 Å². The molecule has 0 unspecified atom stereocenters. The molecule has 4 nitrogen and oxygen atoms in total. The zero-order chi connectivity index (χ0) is 13.7. The molecule has 0 bridgehead atoms. The number of likely N-dealkylation sites (N-methyl/N-ethyl adjacent to an activating group) is 1. The number of amides is 1. The molecule has 4 atom stereocenters. The van der Waals surface area contributed by atoms with E-state index in [0.717, 1.165) is 25.5 Å². The van der Waals surface area contributed by atoms with Gasteiger partial charge in [-0.1, -0.05) is 12.8 Å². The standard InChI is InChI=1S/C16H26N2O2/c1-18-10-11(4-5-13(18)19)17-14-12-6-9-20-15(12)16(14)7-2-3-8-16/h11-12,14-15,17H,2-10H2,1H3/t11-,12-,14-,15+/m1/s1. The number of nitrogens with one attached hydrogen (secondary N) is 1. The molecule has 2 heterocycles.